The molecule has 5 nitrogen and oxygen atoms in total. The second-order valence-corrected chi connectivity index (χ2v) is 5.67. The van der Waals surface area contributed by atoms with Crippen molar-refractivity contribution in [1.29, 1.82) is 0 Å². The van der Waals surface area contributed by atoms with Crippen LogP contribution in [-0.4, -0.2) is 15.9 Å². The molecule has 0 radical (unpaired) electrons. The Morgan fingerprint density at radius 3 is 2.48 bits per heavy atom. The minimum absolute atomic E-state index is 0.295. The summed E-state index contributed by atoms with van der Waals surface area (Å²) in [5.41, 5.74) is 0.944. The average Bonchev–Trinajstić information content (AvgIpc) is 2.67. The minimum Gasteiger partial charge on any atom is -0.348 e. The zero-order valence-corrected chi connectivity index (χ0v) is 14.0. The summed E-state index contributed by atoms with van der Waals surface area (Å²) in [6.07, 6.45) is 0.367. The first-order valence-electron chi connectivity index (χ1n) is 7.99. The highest BCUT2D eigenvalue weighted by molar-refractivity contribution is 5.94. The number of nitrogens with zero attached hydrogens (tertiary/aromatic N) is 2. The molecular formula is C19H15F3N4O. The van der Waals surface area contributed by atoms with Crippen molar-refractivity contribution < 1.29 is 18.0 Å². The lowest BCUT2D eigenvalue weighted by molar-refractivity contribution is -0.137. The van der Waals surface area contributed by atoms with Gasteiger partial charge in [-0.1, -0.05) is 6.07 Å². The van der Waals surface area contributed by atoms with Crippen molar-refractivity contribution in [3.8, 4) is 0 Å². The Labute approximate surface area is 153 Å². The maximum absolute atomic E-state index is 12.6. The first kappa shape index (κ1) is 18.4. The molecule has 0 aliphatic rings. The third-order valence-corrected chi connectivity index (χ3v) is 3.68. The molecule has 138 valence electrons. The molecule has 1 amide bonds. The SMILES string of the molecule is O=C(NCc1cccnc1)c1ccnc(Nc2ccc(C(F)(F)F)cc2)c1. The fourth-order valence-corrected chi connectivity index (χ4v) is 2.32. The van der Waals surface area contributed by atoms with Gasteiger partial charge in [-0.3, -0.25) is 9.78 Å². The fourth-order valence-electron chi connectivity index (χ4n) is 2.32. The molecular weight excluding hydrogens is 357 g/mol. The normalized spacial score (nSPS) is 11.1. The second-order valence-electron chi connectivity index (χ2n) is 5.67. The lowest BCUT2D eigenvalue weighted by atomic mass is 10.2. The van der Waals surface area contributed by atoms with Crippen LogP contribution < -0.4 is 10.6 Å². The molecule has 8 heteroatoms. The molecule has 3 rings (SSSR count). The van der Waals surface area contributed by atoms with E-state index in [-0.39, 0.29) is 5.91 Å². The number of hydrogen-bond donors (Lipinski definition) is 2. The topological polar surface area (TPSA) is 66.9 Å². The smallest absolute Gasteiger partial charge is 0.348 e. The number of alkyl halides is 3. The summed E-state index contributed by atoms with van der Waals surface area (Å²) < 4.78 is 37.8. The lowest BCUT2D eigenvalue weighted by Gasteiger charge is -2.10. The summed E-state index contributed by atoms with van der Waals surface area (Å²) in [6, 6.07) is 11.3. The highest BCUT2D eigenvalue weighted by Gasteiger charge is 2.29. The van der Waals surface area contributed by atoms with Crippen molar-refractivity contribution in [2.24, 2.45) is 0 Å². The maximum Gasteiger partial charge on any atom is 0.416 e. The van der Waals surface area contributed by atoms with Gasteiger partial charge in [-0.2, -0.15) is 13.2 Å². The summed E-state index contributed by atoms with van der Waals surface area (Å²) in [5.74, 6) is 0.0560. The number of aromatic nitrogens is 2. The molecule has 0 fully saturated rings. The van der Waals surface area contributed by atoms with Gasteiger partial charge in [0.1, 0.15) is 5.82 Å². The molecule has 0 saturated carbocycles. The Morgan fingerprint density at radius 1 is 1.04 bits per heavy atom. The first-order valence-corrected chi connectivity index (χ1v) is 7.99. The van der Waals surface area contributed by atoms with E-state index in [1.807, 2.05) is 6.07 Å². The third-order valence-electron chi connectivity index (χ3n) is 3.68. The van der Waals surface area contributed by atoms with Crippen LogP contribution in [0.3, 0.4) is 0 Å². The minimum atomic E-state index is -4.39. The molecule has 2 aromatic heterocycles. The van der Waals surface area contributed by atoms with Gasteiger partial charge in [-0.05, 0) is 48.0 Å². The Bertz CT molecular complexity index is 912. The van der Waals surface area contributed by atoms with Gasteiger partial charge in [0.05, 0.1) is 5.56 Å². The zero-order chi connectivity index (χ0) is 19.3. The van der Waals surface area contributed by atoms with Gasteiger partial charge in [-0.15, -0.1) is 0 Å². The number of halogens is 3. The fraction of sp³-hybridized carbons (Fsp3) is 0.105. The number of amides is 1. The molecule has 0 spiro atoms. The molecule has 2 N–H and O–H groups in total. The van der Waals surface area contributed by atoms with Crippen LogP contribution in [0.2, 0.25) is 0 Å². The van der Waals surface area contributed by atoms with E-state index < -0.39 is 11.7 Å². The molecule has 0 unspecified atom stereocenters. The van der Waals surface area contributed by atoms with E-state index in [1.54, 1.807) is 24.5 Å². The summed E-state index contributed by atoms with van der Waals surface area (Å²) in [6.45, 7) is 0.330. The quantitative estimate of drug-likeness (QED) is 0.706. The van der Waals surface area contributed by atoms with Gasteiger partial charge < -0.3 is 10.6 Å². The average molecular weight is 372 g/mol. The van der Waals surface area contributed by atoms with Gasteiger partial charge in [0.15, 0.2) is 0 Å². The number of rotatable bonds is 5. The van der Waals surface area contributed by atoms with Crippen molar-refractivity contribution in [1.82, 2.24) is 15.3 Å². The monoisotopic (exact) mass is 372 g/mol. The van der Waals surface area contributed by atoms with E-state index in [2.05, 4.69) is 20.6 Å². The molecule has 27 heavy (non-hydrogen) atoms. The number of benzene rings is 1. The third kappa shape index (κ3) is 5.04. The van der Waals surface area contributed by atoms with E-state index >= 15 is 0 Å². The van der Waals surface area contributed by atoms with Crippen LogP contribution in [0.5, 0.6) is 0 Å². The number of hydrogen-bond acceptors (Lipinski definition) is 4. The van der Waals surface area contributed by atoms with Crippen LogP contribution in [0, 0.1) is 0 Å². The number of pyridine rings is 2. The van der Waals surface area contributed by atoms with Crippen molar-refractivity contribution in [2.45, 2.75) is 12.7 Å². The lowest BCUT2D eigenvalue weighted by Crippen LogP contribution is -2.23. The van der Waals surface area contributed by atoms with Crippen molar-refractivity contribution >= 4 is 17.4 Å². The summed E-state index contributed by atoms with van der Waals surface area (Å²) in [4.78, 5) is 20.3. The van der Waals surface area contributed by atoms with Crippen LogP contribution in [0.15, 0.2) is 67.1 Å². The molecule has 3 aromatic rings. The van der Waals surface area contributed by atoms with E-state index in [9.17, 15) is 18.0 Å². The van der Waals surface area contributed by atoms with Crippen molar-refractivity contribution in [3.63, 3.8) is 0 Å². The maximum atomic E-state index is 12.6. The molecule has 0 bridgehead atoms. The number of carbonyl (C=O) groups excluding carboxylic acids is 1. The van der Waals surface area contributed by atoms with Gasteiger partial charge >= 0.3 is 6.18 Å². The second kappa shape index (κ2) is 7.86. The Hall–Kier alpha value is -3.42. The molecule has 0 aliphatic carbocycles. The standard InChI is InChI=1S/C19H15F3N4O/c20-19(21,22)15-3-5-16(6-4-15)26-17-10-14(7-9-24-17)18(27)25-12-13-2-1-8-23-11-13/h1-11H,12H2,(H,24,26)(H,25,27). The van der Waals surface area contributed by atoms with Gasteiger partial charge in [0, 0.05) is 36.4 Å². The summed E-state index contributed by atoms with van der Waals surface area (Å²) in [5, 5.41) is 5.65. The van der Waals surface area contributed by atoms with E-state index in [0.717, 1.165) is 17.7 Å². The molecule has 2 heterocycles. The number of anilines is 2. The molecule has 0 saturated heterocycles. The van der Waals surface area contributed by atoms with Crippen LogP contribution >= 0.6 is 0 Å². The van der Waals surface area contributed by atoms with Gasteiger partial charge in [0.25, 0.3) is 5.91 Å². The van der Waals surface area contributed by atoms with Crippen LogP contribution in [0.4, 0.5) is 24.7 Å². The van der Waals surface area contributed by atoms with Crippen LogP contribution in [-0.2, 0) is 12.7 Å². The van der Waals surface area contributed by atoms with E-state index in [0.29, 0.717) is 23.6 Å². The molecule has 1 aromatic carbocycles. The summed E-state index contributed by atoms with van der Waals surface area (Å²) in [7, 11) is 0. The Kier molecular flexibility index (Phi) is 5.35. The molecule has 0 atom stereocenters. The van der Waals surface area contributed by atoms with E-state index in [4.69, 9.17) is 0 Å². The van der Waals surface area contributed by atoms with Crippen molar-refractivity contribution in [2.75, 3.05) is 5.32 Å². The van der Waals surface area contributed by atoms with E-state index in [1.165, 1.54) is 24.4 Å². The Morgan fingerprint density at radius 2 is 1.81 bits per heavy atom. The van der Waals surface area contributed by atoms with Crippen LogP contribution in [0.25, 0.3) is 0 Å². The highest BCUT2D eigenvalue weighted by atomic mass is 19.4. The van der Waals surface area contributed by atoms with Gasteiger partial charge in [0.2, 0.25) is 0 Å². The number of nitrogens with one attached hydrogen (secondary N) is 2. The van der Waals surface area contributed by atoms with Crippen molar-refractivity contribution in [3.05, 3.63) is 83.8 Å². The molecule has 0 aliphatic heterocycles. The van der Waals surface area contributed by atoms with Gasteiger partial charge in [-0.25, -0.2) is 4.98 Å². The zero-order valence-electron chi connectivity index (χ0n) is 14.0. The predicted octanol–water partition coefficient (Wildman–Crippen LogP) is 4.17. The van der Waals surface area contributed by atoms with Crippen LogP contribution in [0.1, 0.15) is 21.5 Å². The largest absolute Gasteiger partial charge is 0.416 e. The first-order chi connectivity index (χ1) is 12.9. The number of carbonyl (C=O) groups is 1. The Balaban J connectivity index is 1.65. The summed E-state index contributed by atoms with van der Waals surface area (Å²) >= 11 is 0. The predicted molar refractivity (Wildman–Crippen MR) is 94.4 cm³/mol. The highest BCUT2D eigenvalue weighted by Crippen LogP contribution is 2.30.